The minimum Gasteiger partial charge on any atom is -0.438 e. The third-order valence-corrected chi connectivity index (χ3v) is 6.94. The van der Waals surface area contributed by atoms with E-state index in [1.165, 1.54) is 24.3 Å². The number of carbonyl (C=O) groups is 1. The number of aliphatic imine (C=N–C) groups is 1. The van der Waals surface area contributed by atoms with Gasteiger partial charge in [0.2, 0.25) is 0 Å². The second-order valence-corrected chi connectivity index (χ2v) is 9.44. The van der Waals surface area contributed by atoms with Gasteiger partial charge in [-0.25, -0.2) is 18.0 Å². The molecule has 0 bridgehead atoms. The number of nitrogens with zero attached hydrogens (tertiary/aromatic N) is 2. The van der Waals surface area contributed by atoms with Crippen molar-refractivity contribution in [2.24, 2.45) is 4.99 Å². The molecule has 5 rings (SSSR count). The summed E-state index contributed by atoms with van der Waals surface area (Å²) in [6.07, 6.45) is 8.38. The van der Waals surface area contributed by atoms with E-state index in [4.69, 9.17) is 4.74 Å². The minimum absolute atomic E-state index is 0.252. The van der Waals surface area contributed by atoms with E-state index in [0.717, 1.165) is 30.0 Å². The van der Waals surface area contributed by atoms with Gasteiger partial charge in [0, 0.05) is 43.4 Å². The van der Waals surface area contributed by atoms with E-state index in [1.807, 2.05) is 38.3 Å². The molecule has 2 aliphatic heterocycles. The van der Waals surface area contributed by atoms with E-state index < -0.39 is 23.3 Å². The lowest BCUT2D eigenvalue weighted by Gasteiger charge is -2.43. The molecular formula is C31H31F3N2O2. The molecule has 1 saturated heterocycles. The Morgan fingerprint density at radius 1 is 1.00 bits per heavy atom. The topological polar surface area (TPSA) is 41.9 Å². The number of ether oxygens (including phenoxy) is 1. The zero-order valence-corrected chi connectivity index (χ0v) is 21.5. The van der Waals surface area contributed by atoms with Gasteiger partial charge in [0.15, 0.2) is 0 Å². The molecule has 7 heteroatoms. The summed E-state index contributed by atoms with van der Waals surface area (Å²) in [6, 6.07) is 16.6. The molecule has 0 saturated carbocycles. The number of allylic oxidation sites excluding steroid dienone is 1. The summed E-state index contributed by atoms with van der Waals surface area (Å²) in [5.74, 6) is -1.57. The van der Waals surface area contributed by atoms with Crippen molar-refractivity contribution in [3.8, 4) is 11.1 Å². The van der Waals surface area contributed by atoms with Gasteiger partial charge in [-0.1, -0.05) is 55.8 Å². The molecule has 0 N–H and O–H groups in total. The van der Waals surface area contributed by atoms with Crippen LogP contribution in [-0.4, -0.2) is 23.8 Å². The fourth-order valence-corrected chi connectivity index (χ4v) is 4.85. The lowest BCUT2D eigenvalue weighted by atomic mass is 9.84. The fourth-order valence-electron chi connectivity index (χ4n) is 4.85. The number of benzene rings is 3. The number of halogens is 3. The van der Waals surface area contributed by atoms with Gasteiger partial charge >= 0.3 is 6.09 Å². The highest BCUT2D eigenvalue weighted by Crippen LogP contribution is 2.40. The maximum atomic E-state index is 14.1. The molecule has 2 atom stereocenters. The molecule has 2 heterocycles. The van der Waals surface area contributed by atoms with Crippen LogP contribution in [0.4, 0.5) is 18.0 Å². The first-order valence-corrected chi connectivity index (χ1v) is 12.8. The number of rotatable bonds is 6. The summed E-state index contributed by atoms with van der Waals surface area (Å²) in [6.45, 7) is 4.44. The molecule has 0 radical (unpaired) electrons. The zero-order chi connectivity index (χ0) is 27.1. The number of hydrogen-bond acceptors (Lipinski definition) is 3. The van der Waals surface area contributed by atoms with Gasteiger partial charge in [0.25, 0.3) is 0 Å². The smallest absolute Gasteiger partial charge is 0.411 e. The van der Waals surface area contributed by atoms with Gasteiger partial charge in [-0.05, 0) is 54.3 Å². The average molecular weight is 521 g/mol. The predicted octanol–water partition coefficient (Wildman–Crippen LogP) is 8.34. The maximum absolute atomic E-state index is 14.1. The van der Waals surface area contributed by atoms with E-state index in [1.54, 1.807) is 35.4 Å². The Kier molecular flexibility index (Phi) is 8.66. The van der Waals surface area contributed by atoms with Crippen molar-refractivity contribution in [3.63, 3.8) is 0 Å². The lowest BCUT2D eigenvalue weighted by molar-refractivity contribution is -0.0658. The van der Waals surface area contributed by atoms with Gasteiger partial charge in [-0.3, -0.25) is 4.99 Å². The third kappa shape index (κ3) is 6.15. The second kappa shape index (κ2) is 12.1. The van der Waals surface area contributed by atoms with Crippen molar-refractivity contribution in [3.05, 3.63) is 108 Å². The van der Waals surface area contributed by atoms with E-state index in [-0.39, 0.29) is 11.9 Å². The summed E-state index contributed by atoms with van der Waals surface area (Å²) in [5.41, 5.74) is 1.86. The van der Waals surface area contributed by atoms with Crippen molar-refractivity contribution in [1.82, 2.24) is 4.90 Å². The van der Waals surface area contributed by atoms with Crippen LogP contribution in [0.3, 0.4) is 0 Å². The van der Waals surface area contributed by atoms with Gasteiger partial charge in [0.1, 0.15) is 23.1 Å². The lowest BCUT2D eigenvalue weighted by Crippen LogP contribution is -2.48. The van der Waals surface area contributed by atoms with Crippen molar-refractivity contribution < 1.29 is 22.7 Å². The number of cyclic esters (lactones) is 1. The Hall–Kier alpha value is -3.87. The molecule has 2 aliphatic rings. The third-order valence-electron chi connectivity index (χ3n) is 6.94. The van der Waals surface area contributed by atoms with Crippen molar-refractivity contribution in [2.75, 3.05) is 6.54 Å². The summed E-state index contributed by atoms with van der Waals surface area (Å²) in [7, 11) is 0. The van der Waals surface area contributed by atoms with Crippen LogP contribution in [0.25, 0.3) is 11.1 Å². The van der Waals surface area contributed by atoms with Crippen LogP contribution < -0.4 is 0 Å². The molecule has 0 aliphatic carbocycles. The van der Waals surface area contributed by atoms with Gasteiger partial charge in [-0.15, -0.1) is 0 Å². The Labute approximate surface area is 221 Å². The molecular weight excluding hydrogens is 489 g/mol. The predicted molar refractivity (Wildman–Crippen MR) is 143 cm³/mol. The fraction of sp³-hybridized carbons (Fsp3) is 0.290. The minimum atomic E-state index is -0.764. The first kappa shape index (κ1) is 27.2. The van der Waals surface area contributed by atoms with Crippen LogP contribution >= 0.6 is 0 Å². The molecule has 0 aromatic heterocycles. The number of hydrogen-bond donors (Lipinski definition) is 0. The van der Waals surface area contributed by atoms with E-state index in [2.05, 4.69) is 4.99 Å². The summed E-state index contributed by atoms with van der Waals surface area (Å²) >= 11 is 0. The first-order chi connectivity index (χ1) is 18.3. The van der Waals surface area contributed by atoms with Crippen LogP contribution in [0.2, 0.25) is 0 Å². The summed E-state index contributed by atoms with van der Waals surface area (Å²) < 4.78 is 46.7. The molecule has 0 unspecified atom stereocenters. The highest BCUT2D eigenvalue weighted by Gasteiger charge is 2.42. The largest absolute Gasteiger partial charge is 0.438 e. The monoisotopic (exact) mass is 520 g/mol. The van der Waals surface area contributed by atoms with Crippen LogP contribution in [0.5, 0.6) is 0 Å². The molecule has 1 amide bonds. The van der Waals surface area contributed by atoms with Crippen molar-refractivity contribution in [1.29, 1.82) is 0 Å². The molecule has 4 nitrogen and oxygen atoms in total. The van der Waals surface area contributed by atoms with Crippen LogP contribution in [0.15, 0.2) is 84.0 Å². The van der Waals surface area contributed by atoms with Crippen molar-refractivity contribution in [2.45, 2.75) is 51.2 Å². The SMILES string of the molecule is C1=CN=CC1.CCC[C@]1(c2ccc(F)cc2)CCN([C@@H](C)c2ccc(-c3ccc(F)cc3F)cc2)C(=O)O1. The van der Waals surface area contributed by atoms with Gasteiger partial charge in [0.05, 0.1) is 6.04 Å². The van der Waals surface area contributed by atoms with E-state index in [0.29, 0.717) is 30.5 Å². The Bertz CT molecular complexity index is 1300. The Balaban J connectivity index is 0.000000603. The molecule has 0 spiro atoms. The summed E-state index contributed by atoms with van der Waals surface area (Å²) in [5, 5.41) is 0. The Morgan fingerprint density at radius 2 is 1.71 bits per heavy atom. The maximum Gasteiger partial charge on any atom is 0.411 e. The number of carbonyl (C=O) groups excluding carboxylic acids is 1. The summed E-state index contributed by atoms with van der Waals surface area (Å²) in [4.78, 5) is 18.5. The zero-order valence-electron chi connectivity index (χ0n) is 21.5. The first-order valence-electron chi connectivity index (χ1n) is 12.8. The van der Waals surface area contributed by atoms with E-state index >= 15 is 0 Å². The Morgan fingerprint density at radius 3 is 2.26 bits per heavy atom. The highest BCUT2D eigenvalue weighted by atomic mass is 19.1. The quantitative estimate of drug-likeness (QED) is 0.328. The van der Waals surface area contributed by atoms with Crippen LogP contribution in [0.1, 0.15) is 56.7 Å². The van der Waals surface area contributed by atoms with E-state index in [9.17, 15) is 18.0 Å². The molecule has 3 aromatic rings. The van der Waals surface area contributed by atoms with Crippen LogP contribution in [0, 0.1) is 17.5 Å². The molecule has 3 aromatic carbocycles. The normalized spacial score (nSPS) is 19.1. The van der Waals surface area contributed by atoms with Gasteiger partial charge < -0.3 is 9.64 Å². The second-order valence-electron chi connectivity index (χ2n) is 9.44. The van der Waals surface area contributed by atoms with Crippen molar-refractivity contribution >= 4 is 12.3 Å². The standard InChI is InChI=1S/C27H26F3NO2.C4H5N/c1-3-14-27(21-8-10-22(28)11-9-21)15-16-31(26(32)33-27)18(2)19-4-6-20(7-5-19)24-13-12-23(29)17-25(24)30;1-2-4-5-3-1/h4-13,17-18H,3,14-16H2,1-2H3;1,3-4H,2H2/t18-,27+;/m0./s1. The number of amides is 1. The molecule has 1 fully saturated rings. The highest BCUT2D eigenvalue weighted by molar-refractivity contribution is 5.70. The van der Waals surface area contributed by atoms with Gasteiger partial charge in [-0.2, -0.15) is 0 Å². The molecule has 38 heavy (non-hydrogen) atoms. The average Bonchev–Trinajstić information content (AvgIpc) is 3.50. The molecule has 198 valence electrons. The van der Waals surface area contributed by atoms with Crippen LogP contribution in [-0.2, 0) is 10.3 Å².